The van der Waals surface area contributed by atoms with Crippen molar-refractivity contribution >= 4 is 21.6 Å². The van der Waals surface area contributed by atoms with Crippen molar-refractivity contribution in [1.82, 2.24) is 5.32 Å². The first kappa shape index (κ1) is 21.7. The SMILES string of the molecule is Cc1cccc(N(CCCC(=O)NCCOc2ccc(F)cc2)S(C)(=O)=O)c1. The fourth-order valence-electron chi connectivity index (χ4n) is 2.63. The van der Waals surface area contributed by atoms with Crippen LogP contribution >= 0.6 is 0 Å². The molecule has 0 unspecified atom stereocenters. The summed E-state index contributed by atoms with van der Waals surface area (Å²) in [5, 5.41) is 2.72. The van der Waals surface area contributed by atoms with Crippen molar-refractivity contribution in [2.45, 2.75) is 19.8 Å². The lowest BCUT2D eigenvalue weighted by Gasteiger charge is -2.22. The standard InChI is InChI=1S/C20H25FN2O4S/c1-16-5-3-6-18(15-16)23(28(2,25)26)13-4-7-20(24)22-12-14-27-19-10-8-17(21)9-11-19/h3,5-6,8-11,15H,4,7,12-14H2,1-2H3,(H,22,24). The number of anilines is 1. The summed E-state index contributed by atoms with van der Waals surface area (Å²) in [6.45, 7) is 2.69. The number of halogens is 1. The molecular weight excluding hydrogens is 383 g/mol. The summed E-state index contributed by atoms with van der Waals surface area (Å²) in [4.78, 5) is 11.9. The molecule has 0 saturated carbocycles. The van der Waals surface area contributed by atoms with Gasteiger partial charge in [-0.2, -0.15) is 0 Å². The van der Waals surface area contributed by atoms with Gasteiger partial charge in [-0.1, -0.05) is 12.1 Å². The quantitative estimate of drug-likeness (QED) is 0.614. The predicted octanol–water partition coefficient (Wildman–Crippen LogP) is 2.88. The summed E-state index contributed by atoms with van der Waals surface area (Å²) in [7, 11) is -3.43. The molecular formula is C20H25FN2O4S. The first-order valence-corrected chi connectivity index (χ1v) is 10.8. The van der Waals surface area contributed by atoms with Gasteiger partial charge in [0.2, 0.25) is 15.9 Å². The molecule has 0 aliphatic heterocycles. The van der Waals surface area contributed by atoms with E-state index in [1.807, 2.05) is 13.0 Å². The number of hydrogen-bond acceptors (Lipinski definition) is 4. The van der Waals surface area contributed by atoms with Crippen LogP contribution in [-0.2, 0) is 14.8 Å². The first-order valence-electron chi connectivity index (χ1n) is 8.95. The Balaban J connectivity index is 1.74. The van der Waals surface area contributed by atoms with Gasteiger partial charge in [0.1, 0.15) is 18.2 Å². The molecule has 2 aromatic carbocycles. The Morgan fingerprint density at radius 1 is 1.18 bits per heavy atom. The molecule has 28 heavy (non-hydrogen) atoms. The third-order valence-corrected chi connectivity index (χ3v) is 5.16. The van der Waals surface area contributed by atoms with Crippen molar-refractivity contribution in [1.29, 1.82) is 0 Å². The number of nitrogens with zero attached hydrogens (tertiary/aromatic N) is 1. The van der Waals surface area contributed by atoms with E-state index in [0.29, 0.717) is 24.4 Å². The molecule has 1 N–H and O–H groups in total. The third kappa shape index (κ3) is 7.19. The van der Waals surface area contributed by atoms with Gasteiger partial charge >= 0.3 is 0 Å². The molecule has 6 nitrogen and oxygen atoms in total. The number of hydrogen-bond donors (Lipinski definition) is 1. The van der Waals surface area contributed by atoms with Crippen molar-refractivity contribution in [3.8, 4) is 5.75 Å². The normalized spacial score (nSPS) is 11.1. The largest absolute Gasteiger partial charge is 0.492 e. The molecule has 0 atom stereocenters. The molecule has 0 aliphatic rings. The maximum Gasteiger partial charge on any atom is 0.232 e. The highest BCUT2D eigenvalue weighted by molar-refractivity contribution is 7.92. The minimum absolute atomic E-state index is 0.180. The highest BCUT2D eigenvalue weighted by Crippen LogP contribution is 2.19. The van der Waals surface area contributed by atoms with Gasteiger partial charge in [0.25, 0.3) is 0 Å². The van der Waals surface area contributed by atoms with Gasteiger partial charge in [-0.3, -0.25) is 9.10 Å². The van der Waals surface area contributed by atoms with E-state index < -0.39 is 10.0 Å². The van der Waals surface area contributed by atoms with E-state index in [1.54, 1.807) is 18.2 Å². The highest BCUT2D eigenvalue weighted by atomic mass is 32.2. The van der Waals surface area contributed by atoms with Gasteiger partial charge in [0.15, 0.2) is 0 Å². The topological polar surface area (TPSA) is 75.7 Å². The maximum atomic E-state index is 12.8. The minimum atomic E-state index is -3.43. The smallest absolute Gasteiger partial charge is 0.232 e. The predicted molar refractivity (Wildman–Crippen MR) is 108 cm³/mol. The fourth-order valence-corrected chi connectivity index (χ4v) is 3.59. The molecule has 0 radical (unpaired) electrons. The first-order chi connectivity index (χ1) is 13.3. The van der Waals surface area contributed by atoms with Crippen molar-refractivity contribution in [3.05, 3.63) is 59.9 Å². The van der Waals surface area contributed by atoms with Gasteiger partial charge < -0.3 is 10.1 Å². The molecule has 0 saturated heterocycles. The summed E-state index contributed by atoms with van der Waals surface area (Å²) in [5.74, 6) is 0.00690. The average molecular weight is 408 g/mol. The molecule has 2 aromatic rings. The molecule has 1 amide bonds. The highest BCUT2D eigenvalue weighted by Gasteiger charge is 2.17. The number of carbonyl (C=O) groups is 1. The van der Waals surface area contributed by atoms with Crippen LogP contribution in [0.4, 0.5) is 10.1 Å². The van der Waals surface area contributed by atoms with Crippen LogP contribution in [0.25, 0.3) is 0 Å². The second-order valence-corrected chi connectivity index (χ2v) is 8.34. The van der Waals surface area contributed by atoms with E-state index in [2.05, 4.69) is 5.32 Å². The Labute approximate surface area is 165 Å². The molecule has 152 valence electrons. The van der Waals surface area contributed by atoms with E-state index in [4.69, 9.17) is 4.74 Å². The van der Waals surface area contributed by atoms with Crippen LogP contribution in [0.3, 0.4) is 0 Å². The van der Waals surface area contributed by atoms with Gasteiger partial charge in [-0.25, -0.2) is 12.8 Å². The summed E-state index contributed by atoms with van der Waals surface area (Å²) < 4.78 is 43.7. The maximum absolute atomic E-state index is 12.8. The summed E-state index contributed by atoms with van der Waals surface area (Å²) >= 11 is 0. The Kier molecular flexibility index (Phi) is 7.80. The van der Waals surface area contributed by atoms with Gasteiger partial charge in [-0.05, 0) is 55.3 Å². The number of amides is 1. The number of benzene rings is 2. The molecule has 0 spiro atoms. The van der Waals surface area contributed by atoms with E-state index in [-0.39, 0.29) is 31.3 Å². The fraction of sp³-hybridized carbons (Fsp3) is 0.350. The lowest BCUT2D eigenvalue weighted by atomic mass is 10.2. The van der Waals surface area contributed by atoms with E-state index in [9.17, 15) is 17.6 Å². The molecule has 0 heterocycles. The van der Waals surface area contributed by atoms with E-state index >= 15 is 0 Å². The average Bonchev–Trinajstić information content (AvgIpc) is 2.63. The van der Waals surface area contributed by atoms with Gasteiger partial charge in [0.05, 0.1) is 18.5 Å². The number of ether oxygens (including phenoxy) is 1. The molecule has 0 aromatic heterocycles. The molecule has 0 aliphatic carbocycles. The Morgan fingerprint density at radius 2 is 1.89 bits per heavy atom. The minimum Gasteiger partial charge on any atom is -0.492 e. The van der Waals surface area contributed by atoms with Crippen LogP contribution in [0.1, 0.15) is 18.4 Å². The van der Waals surface area contributed by atoms with Gasteiger partial charge in [0, 0.05) is 13.0 Å². The monoisotopic (exact) mass is 408 g/mol. The number of carbonyl (C=O) groups excluding carboxylic acids is 1. The number of aryl methyl sites for hydroxylation is 1. The zero-order valence-corrected chi connectivity index (χ0v) is 16.8. The summed E-state index contributed by atoms with van der Waals surface area (Å²) in [6.07, 6.45) is 1.75. The van der Waals surface area contributed by atoms with Gasteiger partial charge in [-0.15, -0.1) is 0 Å². The second kappa shape index (κ2) is 10.1. The Hall–Kier alpha value is -2.61. The molecule has 2 rings (SSSR count). The molecule has 0 fully saturated rings. The summed E-state index contributed by atoms with van der Waals surface area (Å²) in [6, 6.07) is 12.9. The lowest BCUT2D eigenvalue weighted by Crippen LogP contribution is -2.33. The van der Waals surface area contributed by atoms with Crippen LogP contribution < -0.4 is 14.4 Å². The number of sulfonamides is 1. The van der Waals surface area contributed by atoms with Crippen LogP contribution in [0.5, 0.6) is 5.75 Å². The number of rotatable bonds is 10. The van der Waals surface area contributed by atoms with Crippen LogP contribution in [-0.4, -0.2) is 40.3 Å². The number of nitrogens with one attached hydrogen (secondary N) is 1. The zero-order valence-electron chi connectivity index (χ0n) is 16.0. The van der Waals surface area contributed by atoms with E-state index in [0.717, 1.165) is 11.8 Å². The molecule has 0 bridgehead atoms. The lowest BCUT2D eigenvalue weighted by molar-refractivity contribution is -0.121. The van der Waals surface area contributed by atoms with Crippen molar-refractivity contribution in [2.24, 2.45) is 0 Å². The van der Waals surface area contributed by atoms with Crippen LogP contribution in [0.15, 0.2) is 48.5 Å². The summed E-state index contributed by atoms with van der Waals surface area (Å²) in [5.41, 5.74) is 1.56. The Bertz CT molecular complexity index is 885. The van der Waals surface area contributed by atoms with Crippen LogP contribution in [0.2, 0.25) is 0 Å². The van der Waals surface area contributed by atoms with E-state index in [1.165, 1.54) is 28.6 Å². The van der Waals surface area contributed by atoms with Crippen molar-refractivity contribution in [2.75, 3.05) is 30.3 Å². The molecule has 8 heteroatoms. The zero-order chi connectivity index (χ0) is 20.6. The van der Waals surface area contributed by atoms with Crippen molar-refractivity contribution < 1.29 is 22.3 Å². The second-order valence-electron chi connectivity index (χ2n) is 6.43. The van der Waals surface area contributed by atoms with Crippen molar-refractivity contribution in [3.63, 3.8) is 0 Å². The Morgan fingerprint density at radius 3 is 2.54 bits per heavy atom. The third-order valence-electron chi connectivity index (χ3n) is 3.96. The van der Waals surface area contributed by atoms with Crippen LogP contribution in [0, 0.1) is 12.7 Å².